The molecule has 3 nitrogen and oxygen atoms in total. The summed E-state index contributed by atoms with van der Waals surface area (Å²) in [6, 6.07) is 5.60. The van der Waals surface area contributed by atoms with Crippen LogP contribution in [0.15, 0.2) is 18.2 Å². The molecule has 1 aliphatic rings. The van der Waals surface area contributed by atoms with Gasteiger partial charge in [-0.25, -0.2) is 0 Å². The molecule has 2 rings (SSSR count). The zero-order valence-electron chi connectivity index (χ0n) is 7.46. The lowest BCUT2D eigenvalue weighted by Gasteiger charge is -2.23. The summed E-state index contributed by atoms with van der Waals surface area (Å²) >= 11 is 2.28. The van der Waals surface area contributed by atoms with E-state index in [0.717, 1.165) is 5.56 Å². The molecule has 1 atom stereocenters. The van der Waals surface area contributed by atoms with Gasteiger partial charge in [-0.2, -0.15) is 0 Å². The maximum absolute atomic E-state index is 10.8. The largest absolute Gasteiger partial charge is 0.480 e. The molecule has 0 bridgehead atoms. The van der Waals surface area contributed by atoms with Crippen molar-refractivity contribution < 1.29 is 9.90 Å². The van der Waals surface area contributed by atoms with Gasteiger partial charge in [0.1, 0.15) is 6.04 Å². The lowest BCUT2D eigenvalue weighted by atomic mass is 9.96. The molecule has 1 aromatic carbocycles. The molecular formula is C10H10INO2. The Morgan fingerprint density at radius 1 is 1.57 bits per heavy atom. The van der Waals surface area contributed by atoms with Gasteiger partial charge in [0.25, 0.3) is 0 Å². The summed E-state index contributed by atoms with van der Waals surface area (Å²) in [4.78, 5) is 10.8. The molecule has 0 spiro atoms. The first kappa shape index (κ1) is 9.92. The molecule has 4 heteroatoms. The first-order valence-electron chi connectivity index (χ1n) is 4.41. The van der Waals surface area contributed by atoms with Crippen LogP contribution < -0.4 is 5.32 Å². The number of carbonyl (C=O) groups is 1. The molecule has 1 aliphatic heterocycles. The Hall–Kier alpha value is -0.620. The van der Waals surface area contributed by atoms with E-state index in [9.17, 15) is 4.79 Å². The van der Waals surface area contributed by atoms with Crippen molar-refractivity contribution in [2.45, 2.75) is 19.0 Å². The van der Waals surface area contributed by atoms with E-state index in [0.29, 0.717) is 13.0 Å². The summed E-state index contributed by atoms with van der Waals surface area (Å²) in [5.41, 5.74) is 2.40. The van der Waals surface area contributed by atoms with Gasteiger partial charge in [0.2, 0.25) is 0 Å². The quantitative estimate of drug-likeness (QED) is 0.771. The number of carboxylic acid groups (broad SMARTS) is 1. The monoisotopic (exact) mass is 303 g/mol. The summed E-state index contributed by atoms with van der Waals surface area (Å²) in [7, 11) is 0. The second kappa shape index (κ2) is 3.86. The predicted octanol–water partition coefficient (Wildman–Crippen LogP) is 1.39. The Morgan fingerprint density at radius 3 is 3.07 bits per heavy atom. The molecule has 0 radical (unpaired) electrons. The molecule has 2 N–H and O–H groups in total. The number of aliphatic carboxylic acids is 1. The molecule has 1 heterocycles. The van der Waals surface area contributed by atoms with Gasteiger partial charge < -0.3 is 5.11 Å². The van der Waals surface area contributed by atoms with E-state index in [1.54, 1.807) is 0 Å². The van der Waals surface area contributed by atoms with E-state index >= 15 is 0 Å². The fourth-order valence-corrected chi connectivity index (χ4v) is 2.43. The standard InChI is InChI=1S/C10H10INO2/c11-8-3-1-2-6-4-9(10(13)14)12-5-7(6)8/h1-3,9,12H,4-5H2,(H,13,14). The minimum absolute atomic E-state index is 0.430. The Balaban J connectivity index is 2.31. The van der Waals surface area contributed by atoms with Gasteiger partial charge in [-0.05, 0) is 46.2 Å². The van der Waals surface area contributed by atoms with Crippen LogP contribution in [0.3, 0.4) is 0 Å². The highest BCUT2D eigenvalue weighted by Crippen LogP contribution is 2.21. The van der Waals surface area contributed by atoms with Crippen LogP contribution in [0.2, 0.25) is 0 Å². The van der Waals surface area contributed by atoms with E-state index in [1.807, 2.05) is 18.2 Å². The summed E-state index contributed by atoms with van der Waals surface area (Å²) in [6.07, 6.45) is 0.585. The van der Waals surface area contributed by atoms with Crippen LogP contribution in [0.1, 0.15) is 11.1 Å². The molecule has 0 aromatic heterocycles. The normalized spacial score (nSPS) is 20.2. The van der Waals surface area contributed by atoms with Crippen molar-refractivity contribution in [3.8, 4) is 0 Å². The summed E-state index contributed by atoms with van der Waals surface area (Å²) in [6.45, 7) is 0.658. The highest BCUT2D eigenvalue weighted by molar-refractivity contribution is 14.1. The molecule has 0 saturated heterocycles. The van der Waals surface area contributed by atoms with E-state index in [1.165, 1.54) is 9.13 Å². The Morgan fingerprint density at radius 2 is 2.36 bits per heavy atom. The van der Waals surface area contributed by atoms with Gasteiger partial charge in [0, 0.05) is 10.1 Å². The fraction of sp³-hybridized carbons (Fsp3) is 0.300. The fourth-order valence-electron chi connectivity index (χ4n) is 1.68. The lowest BCUT2D eigenvalue weighted by Crippen LogP contribution is -2.41. The van der Waals surface area contributed by atoms with Crippen LogP contribution in [0.5, 0.6) is 0 Å². The maximum atomic E-state index is 10.8. The minimum atomic E-state index is -0.769. The molecule has 74 valence electrons. The number of hydrogen-bond donors (Lipinski definition) is 2. The molecular weight excluding hydrogens is 293 g/mol. The second-order valence-corrected chi connectivity index (χ2v) is 4.52. The number of benzene rings is 1. The van der Waals surface area contributed by atoms with Crippen molar-refractivity contribution >= 4 is 28.6 Å². The van der Waals surface area contributed by atoms with Crippen LogP contribution in [0.25, 0.3) is 0 Å². The zero-order chi connectivity index (χ0) is 10.1. The topological polar surface area (TPSA) is 49.3 Å². The molecule has 1 aromatic rings. The highest BCUT2D eigenvalue weighted by atomic mass is 127. The molecule has 1 unspecified atom stereocenters. The lowest BCUT2D eigenvalue weighted by molar-refractivity contribution is -0.139. The van der Waals surface area contributed by atoms with Gasteiger partial charge in [-0.1, -0.05) is 12.1 Å². The predicted molar refractivity (Wildman–Crippen MR) is 61.1 cm³/mol. The van der Waals surface area contributed by atoms with Crippen molar-refractivity contribution in [2.24, 2.45) is 0 Å². The van der Waals surface area contributed by atoms with E-state index in [2.05, 4.69) is 27.9 Å². The van der Waals surface area contributed by atoms with Crippen LogP contribution in [-0.2, 0) is 17.8 Å². The van der Waals surface area contributed by atoms with E-state index < -0.39 is 12.0 Å². The Bertz CT molecular complexity index is 378. The summed E-state index contributed by atoms with van der Waals surface area (Å²) in [5, 5.41) is 11.9. The van der Waals surface area contributed by atoms with E-state index in [-0.39, 0.29) is 0 Å². The maximum Gasteiger partial charge on any atom is 0.321 e. The smallest absolute Gasteiger partial charge is 0.321 e. The van der Waals surface area contributed by atoms with Crippen molar-refractivity contribution in [3.63, 3.8) is 0 Å². The molecule has 0 amide bonds. The van der Waals surface area contributed by atoms with Crippen LogP contribution >= 0.6 is 22.6 Å². The number of carboxylic acids is 1. The highest BCUT2D eigenvalue weighted by Gasteiger charge is 2.24. The number of halogens is 1. The van der Waals surface area contributed by atoms with Crippen molar-refractivity contribution in [1.82, 2.24) is 5.32 Å². The summed E-state index contributed by atoms with van der Waals surface area (Å²) in [5.74, 6) is -0.769. The third-order valence-corrected chi connectivity index (χ3v) is 3.47. The minimum Gasteiger partial charge on any atom is -0.480 e. The van der Waals surface area contributed by atoms with Gasteiger partial charge in [-0.3, -0.25) is 10.1 Å². The van der Waals surface area contributed by atoms with E-state index in [4.69, 9.17) is 5.11 Å². The number of fused-ring (bicyclic) bond motifs is 1. The van der Waals surface area contributed by atoms with Gasteiger partial charge in [-0.15, -0.1) is 0 Å². The van der Waals surface area contributed by atoms with Gasteiger partial charge in [0.15, 0.2) is 0 Å². The van der Waals surface area contributed by atoms with Crippen LogP contribution in [-0.4, -0.2) is 17.1 Å². The molecule has 0 fully saturated rings. The molecule has 0 aliphatic carbocycles. The third-order valence-electron chi connectivity index (χ3n) is 2.46. The first-order valence-corrected chi connectivity index (χ1v) is 5.49. The number of nitrogens with one attached hydrogen (secondary N) is 1. The van der Waals surface area contributed by atoms with Crippen molar-refractivity contribution in [3.05, 3.63) is 32.9 Å². The average Bonchev–Trinajstić information content (AvgIpc) is 2.17. The van der Waals surface area contributed by atoms with Gasteiger partial charge >= 0.3 is 5.97 Å². The second-order valence-electron chi connectivity index (χ2n) is 3.35. The average molecular weight is 303 g/mol. The molecule has 14 heavy (non-hydrogen) atoms. The zero-order valence-corrected chi connectivity index (χ0v) is 9.61. The van der Waals surface area contributed by atoms with Crippen LogP contribution in [0, 0.1) is 3.57 Å². The Kier molecular flexibility index (Phi) is 2.73. The number of rotatable bonds is 1. The first-order chi connectivity index (χ1) is 6.68. The SMILES string of the molecule is O=C(O)C1Cc2cccc(I)c2CN1. The third kappa shape index (κ3) is 1.76. The van der Waals surface area contributed by atoms with Crippen molar-refractivity contribution in [2.75, 3.05) is 0 Å². The van der Waals surface area contributed by atoms with Crippen molar-refractivity contribution in [1.29, 1.82) is 0 Å². The summed E-state index contributed by atoms with van der Waals surface area (Å²) < 4.78 is 1.21. The van der Waals surface area contributed by atoms with Crippen LogP contribution in [0.4, 0.5) is 0 Å². The Labute approximate surface area is 95.7 Å². The van der Waals surface area contributed by atoms with Gasteiger partial charge in [0.05, 0.1) is 0 Å². The number of hydrogen-bond acceptors (Lipinski definition) is 2. The molecule has 0 saturated carbocycles.